The minimum absolute atomic E-state index is 0.0789. The van der Waals surface area contributed by atoms with Crippen molar-refractivity contribution in [3.8, 4) is 22.5 Å². The number of rotatable bonds is 10. The molecule has 8 heterocycles. The Morgan fingerprint density at radius 1 is 0.566 bits per heavy atom. The number of fused-ring (bicyclic) bond motifs is 4. The molecule has 392 valence electrons. The van der Waals surface area contributed by atoms with Crippen molar-refractivity contribution in [1.29, 1.82) is 0 Å². The van der Waals surface area contributed by atoms with Crippen LogP contribution in [0.4, 0.5) is 11.6 Å². The van der Waals surface area contributed by atoms with Crippen molar-refractivity contribution >= 4 is 34.5 Å². The van der Waals surface area contributed by atoms with Gasteiger partial charge in [-0.3, -0.25) is 18.4 Å². The van der Waals surface area contributed by atoms with Crippen molar-refractivity contribution in [2.24, 2.45) is 0 Å². The van der Waals surface area contributed by atoms with Gasteiger partial charge in [-0.2, -0.15) is 0 Å². The highest BCUT2D eigenvalue weighted by molar-refractivity contribution is 5.88. The normalized spacial score (nSPS) is 21.1. The maximum atomic E-state index is 12.5. The van der Waals surface area contributed by atoms with Crippen LogP contribution in [0.3, 0.4) is 0 Å². The zero-order valence-electron chi connectivity index (χ0n) is 43.5. The largest absolute Gasteiger partial charge is 0.392 e. The number of amides is 2. The Bertz CT molecular complexity index is 3320. The first-order chi connectivity index (χ1) is 36.5. The minimum Gasteiger partial charge on any atom is -0.392 e. The maximum absolute atomic E-state index is 12.5. The van der Waals surface area contributed by atoms with E-state index in [1.54, 1.807) is 26.2 Å². The van der Waals surface area contributed by atoms with Gasteiger partial charge in [-0.05, 0) is 112 Å². The van der Waals surface area contributed by atoms with E-state index >= 15 is 0 Å². The number of nitrogens with zero attached hydrogens (tertiary/aromatic N) is 8. The van der Waals surface area contributed by atoms with Crippen LogP contribution in [0.25, 0.3) is 33.5 Å². The van der Waals surface area contributed by atoms with Crippen molar-refractivity contribution in [3.05, 3.63) is 166 Å². The van der Waals surface area contributed by atoms with E-state index in [1.165, 1.54) is 0 Å². The summed E-state index contributed by atoms with van der Waals surface area (Å²) in [5, 5.41) is 43.8. The predicted octanol–water partition coefficient (Wildman–Crippen LogP) is 7.81. The summed E-state index contributed by atoms with van der Waals surface area (Å²) >= 11 is 0. The standard InChI is InChI=1S/2C30H33N5O3/c2*1-18-4-3-5-21(14-18)30(2,38)22-7-10-24(20(15-22)17-36)26-27-28(31)32-12-13-34(27)29(33-26)19-6-8-23-9-11-25(37)35(23)16-19/h2*3-5,7,10,12-15,19,23,36,38H,6,8-9,11,16-17H2,1-2H3,(H2,31,32)/t19-,23+,30+;19-,23+,30-/m11/s1. The van der Waals surface area contributed by atoms with E-state index in [2.05, 4.69) is 9.97 Å². The first-order valence-electron chi connectivity index (χ1n) is 26.5. The van der Waals surface area contributed by atoms with Crippen LogP contribution in [0.15, 0.2) is 110 Å². The van der Waals surface area contributed by atoms with Crippen LogP contribution in [0.1, 0.15) is 133 Å². The highest BCUT2D eigenvalue weighted by atomic mass is 16.3. The SMILES string of the molecule is Cc1cccc([C@@](C)(O)c2ccc(-c3nc([C@@H]4CC[C@H]5CCC(=O)N5C4)n4ccnc(N)c34)c(CO)c2)c1.Cc1cccc([C@](C)(O)c2ccc(-c3nc([C@@H]4CC[C@H]5CCC(=O)N5C4)n4ccnc(N)c34)c(CO)c2)c1. The molecule has 0 spiro atoms. The molecule has 76 heavy (non-hydrogen) atoms. The summed E-state index contributed by atoms with van der Waals surface area (Å²) in [6, 6.07) is 27.5. The van der Waals surface area contributed by atoms with Gasteiger partial charge in [0.25, 0.3) is 0 Å². The summed E-state index contributed by atoms with van der Waals surface area (Å²) < 4.78 is 3.97. The van der Waals surface area contributed by atoms with Crippen molar-refractivity contribution in [2.75, 3.05) is 24.6 Å². The lowest BCUT2D eigenvalue weighted by molar-refractivity contribution is -0.131. The van der Waals surface area contributed by atoms with Gasteiger partial charge in [-0.1, -0.05) is 83.9 Å². The number of aliphatic hydroxyl groups is 4. The molecule has 16 heteroatoms. The fourth-order valence-corrected chi connectivity index (χ4v) is 12.4. The van der Waals surface area contributed by atoms with Gasteiger partial charge in [0.1, 0.15) is 56.9 Å². The van der Waals surface area contributed by atoms with E-state index in [0.717, 1.165) is 83.6 Å². The number of carbonyl (C=O) groups is 2. The molecule has 8 aromatic rings. The van der Waals surface area contributed by atoms with E-state index < -0.39 is 11.2 Å². The van der Waals surface area contributed by atoms with Gasteiger partial charge in [0.2, 0.25) is 11.8 Å². The fourth-order valence-electron chi connectivity index (χ4n) is 12.4. The molecule has 4 aromatic heterocycles. The number of carbonyl (C=O) groups excluding carboxylic acids is 2. The van der Waals surface area contributed by atoms with Gasteiger partial charge >= 0.3 is 0 Å². The topological polar surface area (TPSA) is 234 Å². The molecule has 2 amide bonds. The summed E-state index contributed by atoms with van der Waals surface area (Å²) in [5.41, 5.74) is 20.8. The Labute approximate surface area is 441 Å². The average molecular weight is 1020 g/mol. The number of anilines is 2. The lowest BCUT2D eigenvalue weighted by Crippen LogP contribution is -2.41. The molecular weight excluding hydrogens is 957 g/mol. The minimum atomic E-state index is -1.24. The summed E-state index contributed by atoms with van der Waals surface area (Å²) in [6.07, 6.45) is 14.0. The lowest BCUT2D eigenvalue weighted by Gasteiger charge is -2.34. The second-order valence-electron chi connectivity index (χ2n) is 21.7. The summed E-state index contributed by atoms with van der Waals surface area (Å²) in [7, 11) is 0. The van der Waals surface area contributed by atoms with Crippen molar-refractivity contribution in [3.63, 3.8) is 0 Å². The Hall–Kier alpha value is -7.50. The molecule has 6 atom stereocenters. The van der Waals surface area contributed by atoms with Crippen LogP contribution in [0.5, 0.6) is 0 Å². The molecule has 8 N–H and O–H groups in total. The first kappa shape index (κ1) is 50.6. The number of aryl methyl sites for hydroxylation is 2. The Morgan fingerprint density at radius 3 is 1.37 bits per heavy atom. The van der Waals surface area contributed by atoms with Crippen molar-refractivity contribution in [2.45, 2.75) is 127 Å². The number of imidazole rings is 2. The van der Waals surface area contributed by atoms with Crippen molar-refractivity contribution < 1.29 is 30.0 Å². The van der Waals surface area contributed by atoms with E-state index in [4.69, 9.17) is 21.4 Å². The second kappa shape index (κ2) is 19.9. The van der Waals surface area contributed by atoms with Crippen LogP contribution in [0, 0.1) is 13.8 Å². The number of nitrogens with two attached hydrogens (primary N) is 2. The molecule has 0 unspecified atom stereocenters. The molecule has 0 aliphatic carbocycles. The second-order valence-corrected chi connectivity index (χ2v) is 21.7. The molecule has 16 nitrogen and oxygen atoms in total. The lowest BCUT2D eigenvalue weighted by atomic mass is 9.85. The van der Waals surface area contributed by atoms with E-state index in [-0.39, 0.29) is 36.9 Å². The third-order valence-electron chi connectivity index (χ3n) is 16.7. The summed E-state index contributed by atoms with van der Waals surface area (Å²) in [6.45, 7) is 8.36. The van der Waals surface area contributed by atoms with Crippen LogP contribution in [-0.2, 0) is 34.0 Å². The quantitative estimate of drug-likeness (QED) is 0.0770. The van der Waals surface area contributed by atoms with Crippen LogP contribution >= 0.6 is 0 Å². The molecule has 12 rings (SSSR count). The third kappa shape index (κ3) is 8.95. The van der Waals surface area contributed by atoms with Gasteiger partial charge in [-0.15, -0.1) is 0 Å². The van der Waals surface area contributed by atoms with Gasteiger partial charge in [-0.25, -0.2) is 19.9 Å². The molecule has 4 aliphatic heterocycles. The van der Waals surface area contributed by atoms with E-state index in [9.17, 15) is 30.0 Å². The third-order valence-corrected chi connectivity index (χ3v) is 16.7. The average Bonchev–Trinajstić information content (AvgIpc) is 4.22. The number of nitrogen functional groups attached to an aromatic ring is 2. The number of benzene rings is 4. The molecule has 0 bridgehead atoms. The van der Waals surface area contributed by atoms with Gasteiger partial charge in [0, 0.05) is 85.8 Å². The first-order valence-corrected chi connectivity index (χ1v) is 26.5. The summed E-state index contributed by atoms with van der Waals surface area (Å²) in [5.74, 6) is 3.01. The highest BCUT2D eigenvalue weighted by Gasteiger charge is 2.40. The van der Waals surface area contributed by atoms with Gasteiger partial charge in [0.05, 0.1) is 13.2 Å². The smallest absolute Gasteiger partial charge is 0.222 e. The molecule has 0 radical (unpaired) electrons. The number of hydrogen-bond acceptors (Lipinski definition) is 12. The van der Waals surface area contributed by atoms with Gasteiger partial charge in [0.15, 0.2) is 0 Å². The number of aliphatic hydroxyl groups excluding tert-OH is 2. The Balaban J connectivity index is 0.000000162. The zero-order valence-corrected chi connectivity index (χ0v) is 43.5. The molecular formula is C60H66N10O6. The maximum Gasteiger partial charge on any atom is 0.222 e. The molecule has 4 aliphatic rings. The fraction of sp³-hybridized carbons (Fsp3) is 0.367. The van der Waals surface area contributed by atoms with E-state index in [1.807, 2.05) is 130 Å². The van der Waals surface area contributed by atoms with Crippen LogP contribution in [-0.4, -0.2) is 96.0 Å². The van der Waals surface area contributed by atoms with Gasteiger partial charge < -0.3 is 41.7 Å². The van der Waals surface area contributed by atoms with Crippen LogP contribution in [0.2, 0.25) is 0 Å². The highest BCUT2D eigenvalue weighted by Crippen LogP contribution is 2.43. The monoisotopic (exact) mass is 1020 g/mol. The molecule has 4 fully saturated rings. The molecule has 4 aromatic carbocycles. The Morgan fingerprint density at radius 2 is 0.974 bits per heavy atom. The number of aromatic nitrogens is 6. The molecule has 0 saturated carbocycles. The predicted molar refractivity (Wildman–Crippen MR) is 291 cm³/mol. The van der Waals surface area contributed by atoms with Crippen LogP contribution < -0.4 is 11.5 Å². The van der Waals surface area contributed by atoms with E-state index in [0.29, 0.717) is 94.3 Å². The summed E-state index contributed by atoms with van der Waals surface area (Å²) in [4.78, 5) is 47.8. The Kier molecular flexibility index (Phi) is 13.3. The molecule has 4 saturated heterocycles. The number of piperidine rings is 2. The zero-order chi connectivity index (χ0) is 53.2. The van der Waals surface area contributed by atoms with Crippen molar-refractivity contribution in [1.82, 2.24) is 38.5 Å². The number of hydrogen-bond donors (Lipinski definition) is 6.